The van der Waals surface area contributed by atoms with E-state index in [2.05, 4.69) is 15.3 Å². The molecule has 1 amide bonds. The second-order valence-corrected chi connectivity index (χ2v) is 3.71. The molecule has 6 heteroatoms. The van der Waals surface area contributed by atoms with Gasteiger partial charge in [0.05, 0.1) is 6.61 Å². The van der Waals surface area contributed by atoms with E-state index in [0.717, 1.165) is 0 Å². The third-order valence-corrected chi connectivity index (χ3v) is 2.63. The number of anilines is 1. The summed E-state index contributed by atoms with van der Waals surface area (Å²) in [6.45, 7) is 3.05. The lowest BCUT2D eigenvalue weighted by molar-refractivity contribution is -0.122. The summed E-state index contributed by atoms with van der Waals surface area (Å²) in [6.07, 6.45) is 3.14. The largest absolute Gasteiger partial charge is 0.392 e. The van der Waals surface area contributed by atoms with Crippen molar-refractivity contribution in [2.24, 2.45) is 0 Å². The first-order valence-electron chi connectivity index (χ1n) is 5.18. The van der Waals surface area contributed by atoms with Gasteiger partial charge in [0.25, 0.3) is 0 Å². The molecule has 1 aromatic heterocycles. The zero-order valence-corrected chi connectivity index (χ0v) is 9.05. The summed E-state index contributed by atoms with van der Waals surface area (Å²) < 4.78 is 0. The SMILES string of the molecule is CC1C(=O)NCCN1c1ncc(CO)cn1. The number of hydrogen-bond donors (Lipinski definition) is 2. The van der Waals surface area contributed by atoms with Crippen LogP contribution in [0.5, 0.6) is 0 Å². The van der Waals surface area contributed by atoms with Crippen LogP contribution in [-0.2, 0) is 11.4 Å². The Morgan fingerprint density at radius 2 is 2.25 bits per heavy atom. The Labute approximate surface area is 93.3 Å². The Morgan fingerprint density at radius 1 is 1.56 bits per heavy atom. The molecule has 2 N–H and O–H groups in total. The smallest absolute Gasteiger partial charge is 0.242 e. The molecule has 0 aromatic carbocycles. The van der Waals surface area contributed by atoms with Crippen molar-refractivity contribution in [3.63, 3.8) is 0 Å². The number of carbonyl (C=O) groups excluding carboxylic acids is 1. The van der Waals surface area contributed by atoms with E-state index in [1.165, 1.54) is 0 Å². The second kappa shape index (κ2) is 4.44. The molecule has 1 aliphatic rings. The van der Waals surface area contributed by atoms with Gasteiger partial charge in [0.15, 0.2) is 0 Å². The third kappa shape index (κ3) is 1.96. The number of carbonyl (C=O) groups is 1. The molecule has 1 aromatic rings. The number of nitrogens with zero attached hydrogens (tertiary/aromatic N) is 3. The van der Waals surface area contributed by atoms with E-state index < -0.39 is 0 Å². The maximum Gasteiger partial charge on any atom is 0.242 e. The van der Waals surface area contributed by atoms with E-state index in [0.29, 0.717) is 24.6 Å². The van der Waals surface area contributed by atoms with Crippen molar-refractivity contribution in [1.82, 2.24) is 15.3 Å². The Balaban J connectivity index is 2.19. The summed E-state index contributed by atoms with van der Waals surface area (Å²) in [5.74, 6) is 0.514. The minimum absolute atomic E-state index is 0.0129. The average molecular weight is 222 g/mol. The van der Waals surface area contributed by atoms with Crippen LogP contribution < -0.4 is 10.2 Å². The fourth-order valence-corrected chi connectivity index (χ4v) is 1.63. The first-order valence-corrected chi connectivity index (χ1v) is 5.18. The van der Waals surface area contributed by atoms with Gasteiger partial charge in [0, 0.05) is 31.0 Å². The zero-order chi connectivity index (χ0) is 11.5. The van der Waals surface area contributed by atoms with E-state index in [1.807, 2.05) is 11.8 Å². The van der Waals surface area contributed by atoms with Crippen LogP contribution in [0.25, 0.3) is 0 Å². The number of hydrogen-bond acceptors (Lipinski definition) is 5. The van der Waals surface area contributed by atoms with Crippen molar-refractivity contribution in [2.45, 2.75) is 19.6 Å². The van der Waals surface area contributed by atoms with Crippen molar-refractivity contribution < 1.29 is 9.90 Å². The summed E-state index contributed by atoms with van der Waals surface area (Å²) >= 11 is 0. The number of aliphatic hydroxyl groups excluding tert-OH is 1. The fraction of sp³-hybridized carbons (Fsp3) is 0.500. The minimum Gasteiger partial charge on any atom is -0.392 e. The van der Waals surface area contributed by atoms with Gasteiger partial charge >= 0.3 is 0 Å². The molecule has 16 heavy (non-hydrogen) atoms. The normalized spacial score (nSPS) is 20.8. The highest BCUT2D eigenvalue weighted by molar-refractivity contribution is 5.85. The molecule has 2 heterocycles. The Morgan fingerprint density at radius 3 is 2.88 bits per heavy atom. The van der Waals surface area contributed by atoms with E-state index in [9.17, 15) is 4.79 Å². The highest BCUT2D eigenvalue weighted by Crippen LogP contribution is 2.13. The van der Waals surface area contributed by atoms with Gasteiger partial charge in [-0.3, -0.25) is 4.79 Å². The summed E-state index contributed by atoms with van der Waals surface area (Å²) in [4.78, 5) is 21.6. The van der Waals surface area contributed by atoms with Crippen LogP contribution in [0, 0.1) is 0 Å². The van der Waals surface area contributed by atoms with Crippen LogP contribution in [0.15, 0.2) is 12.4 Å². The Hall–Kier alpha value is -1.69. The Bertz CT molecular complexity index is 379. The highest BCUT2D eigenvalue weighted by Gasteiger charge is 2.26. The molecule has 1 saturated heterocycles. The third-order valence-electron chi connectivity index (χ3n) is 2.63. The zero-order valence-electron chi connectivity index (χ0n) is 9.05. The van der Waals surface area contributed by atoms with Gasteiger partial charge in [-0.2, -0.15) is 0 Å². The summed E-state index contributed by atoms with van der Waals surface area (Å²) in [5, 5.41) is 11.7. The first kappa shape index (κ1) is 10.8. The number of aliphatic hydroxyl groups is 1. The second-order valence-electron chi connectivity index (χ2n) is 3.71. The van der Waals surface area contributed by atoms with Crippen LogP contribution in [0.2, 0.25) is 0 Å². The van der Waals surface area contributed by atoms with Crippen molar-refractivity contribution in [3.05, 3.63) is 18.0 Å². The standard InChI is InChI=1S/C10H14N4O2/c1-7-9(16)11-2-3-14(7)10-12-4-8(6-15)5-13-10/h4-5,7,15H,2-3,6H2,1H3,(H,11,16). The average Bonchev–Trinajstić information content (AvgIpc) is 2.33. The van der Waals surface area contributed by atoms with Gasteiger partial charge < -0.3 is 15.3 Å². The number of amides is 1. The minimum atomic E-state index is -0.256. The van der Waals surface area contributed by atoms with Crippen molar-refractivity contribution in [3.8, 4) is 0 Å². The van der Waals surface area contributed by atoms with Crippen molar-refractivity contribution in [2.75, 3.05) is 18.0 Å². The fourth-order valence-electron chi connectivity index (χ4n) is 1.63. The molecule has 6 nitrogen and oxygen atoms in total. The van der Waals surface area contributed by atoms with Crippen LogP contribution in [0.3, 0.4) is 0 Å². The molecule has 1 aliphatic heterocycles. The van der Waals surface area contributed by atoms with Gasteiger partial charge in [-0.05, 0) is 6.92 Å². The van der Waals surface area contributed by atoms with Crippen LogP contribution in [0.1, 0.15) is 12.5 Å². The predicted octanol–water partition coefficient (Wildman–Crippen LogP) is -0.706. The van der Waals surface area contributed by atoms with Gasteiger partial charge in [-0.25, -0.2) is 9.97 Å². The van der Waals surface area contributed by atoms with Crippen molar-refractivity contribution >= 4 is 11.9 Å². The van der Waals surface area contributed by atoms with E-state index >= 15 is 0 Å². The molecule has 0 radical (unpaired) electrons. The molecule has 0 bridgehead atoms. The Kier molecular flexibility index (Phi) is 3.00. The predicted molar refractivity (Wildman–Crippen MR) is 57.8 cm³/mol. The van der Waals surface area contributed by atoms with Gasteiger partial charge in [-0.1, -0.05) is 0 Å². The number of aromatic nitrogens is 2. The summed E-state index contributed by atoms with van der Waals surface area (Å²) in [6, 6.07) is -0.256. The molecule has 1 atom stereocenters. The summed E-state index contributed by atoms with van der Waals surface area (Å²) in [5.41, 5.74) is 0.665. The lowest BCUT2D eigenvalue weighted by atomic mass is 10.2. The monoisotopic (exact) mass is 222 g/mol. The maximum atomic E-state index is 11.5. The van der Waals surface area contributed by atoms with Crippen LogP contribution >= 0.6 is 0 Å². The summed E-state index contributed by atoms with van der Waals surface area (Å²) in [7, 11) is 0. The van der Waals surface area contributed by atoms with Crippen molar-refractivity contribution in [1.29, 1.82) is 0 Å². The van der Waals surface area contributed by atoms with Crippen LogP contribution in [0.4, 0.5) is 5.95 Å². The van der Waals surface area contributed by atoms with E-state index in [1.54, 1.807) is 12.4 Å². The lowest BCUT2D eigenvalue weighted by Crippen LogP contribution is -2.54. The molecule has 86 valence electrons. The molecular weight excluding hydrogens is 208 g/mol. The molecular formula is C10H14N4O2. The number of nitrogens with one attached hydrogen (secondary N) is 1. The molecule has 0 spiro atoms. The maximum absolute atomic E-state index is 11.5. The van der Waals surface area contributed by atoms with Crippen LogP contribution in [-0.4, -0.2) is 40.1 Å². The number of piperazine rings is 1. The van der Waals surface area contributed by atoms with Gasteiger partial charge in [0.2, 0.25) is 11.9 Å². The molecule has 1 fully saturated rings. The highest BCUT2D eigenvalue weighted by atomic mass is 16.3. The van der Waals surface area contributed by atoms with Gasteiger partial charge in [-0.15, -0.1) is 0 Å². The molecule has 1 unspecified atom stereocenters. The van der Waals surface area contributed by atoms with E-state index in [-0.39, 0.29) is 18.6 Å². The van der Waals surface area contributed by atoms with Gasteiger partial charge in [0.1, 0.15) is 6.04 Å². The van der Waals surface area contributed by atoms with E-state index in [4.69, 9.17) is 5.11 Å². The quantitative estimate of drug-likeness (QED) is 0.691. The molecule has 0 aliphatic carbocycles. The molecule has 0 saturated carbocycles. The topological polar surface area (TPSA) is 78.4 Å². The lowest BCUT2D eigenvalue weighted by Gasteiger charge is -2.32. The number of rotatable bonds is 2. The molecule has 2 rings (SSSR count). The first-order chi connectivity index (χ1) is 7.72.